The third kappa shape index (κ3) is 4.17. The van der Waals surface area contributed by atoms with E-state index in [1.807, 2.05) is 24.3 Å². The number of anilines is 1. The van der Waals surface area contributed by atoms with Gasteiger partial charge in [-0.05, 0) is 37.1 Å². The molecule has 0 saturated carbocycles. The first kappa shape index (κ1) is 16.1. The van der Waals surface area contributed by atoms with E-state index in [9.17, 15) is 4.79 Å². The van der Waals surface area contributed by atoms with Crippen LogP contribution in [-0.2, 0) is 14.3 Å². The van der Waals surface area contributed by atoms with Crippen molar-refractivity contribution in [1.29, 1.82) is 0 Å². The minimum atomic E-state index is -0.270. The number of carbonyl (C=O) groups is 1. The van der Waals surface area contributed by atoms with Crippen LogP contribution in [0, 0.1) is 0 Å². The summed E-state index contributed by atoms with van der Waals surface area (Å²) in [7, 11) is 1.65. The summed E-state index contributed by atoms with van der Waals surface area (Å²) < 4.78 is 16.2. The number of rotatable bonds is 4. The van der Waals surface area contributed by atoms with E-state index in [1.165, 1.54) is 6.92 Å². The van der Waals surface area contributed by atoms with Gasteiger partial charge in [-0.3, -0.25) is 9.79 Å². The van der Waals surface area contributed by atoms with E-state index in [4.69, 9.17) is 14.2 Å². The number of ether oxygens (including phenoxy) is 3. The van der Waals surface area contributed by atoms with Crippen LogP contribution >= 0.6 is 11.8 Å². The van der Waals surface area contributed by atoms with Gasteiger partial charge >= 0.3 is 5.97 Å². The fourth-order valence-corrected chi connectivity index (χ4v) is 3.72. The van der Waals surface area contributed by atoms with Crippen molar-refractivity contribution in [1.82, 2.24) is 0 Å². The maximum absolute atomic E-state index is 10.9. The second kappa shape index (κ2) is 7.23. The molecule has 0 unspecified atom stereocenters. The molecule has 6 nitrogen and oxygen atoms in total. The third-order valence-electron chi connectivity index (χ3n) is 3.75. The number of hydrogen-bond acceptors (Lipinski definition) is 7. The smallest absolute Gasteiger partial charge is 0.302 e. The van der Waals surface area contributed by atoms with Crippen molar-refractivity contribution < 1.29 is 19.0 Å². The molecule has 1 saturated heterocycles. The van der Waals surface area contributed by atoms with Gasteiger partial charge in [0.15, 0.2) is 5.17 Å². The molecule has 0 aromatic heterocycles. The molecule has 0 amide bonds. The first-order valence-corrected chi connectivity index (χ1v) is 8.46. The average molecular weight is 336 g/mol. The SMILES string of the molecule is COc1ccc(NC2=N[C@@H]3CC[C@H](COC(C)=O)O[C@@H]3S2)cc1. The standard InChI is InChI=1S/C16H20N2O4S/c1-10(19)21-9-13-7-8-14-15(22-13)23-16(18-14)17-11-3-5-12(20-2)6-4-11/h3-6,13-15H,7-9H2,1-2H3,(H,17,18)/t13-,14-,15-/m1/s1. The van der Waals surface area contributed by atoms with Crippen LogP contribution in [0.3, 0.4) is 0 Å². The second-order valence-electron chi connectivity index (χ2n) is 5.48. The van der Waals surface area contributed by atoms with Crippen molar-refractivity contribution in [2.24, 2.45) is 4.99 Å². The molecule has 1 N–H and O–H groups in total. The summed E-state index contributed by atoms with van der Waals surface area (Å²) in [5, 5.41) is 4.17. The molecule has 0 aliphatic carbocycles. The lowest BCUT2D eigenvalue weighted by molar-refractivity contribution is -0.147. The maximum Gasteiger partial charge on any atom is 0.302 e. The molecule has 1 aromatic rings. The summed E-state index contributed by atoms with van der Waals surface area (Å²) in [6, 6.07) is 7.87. The number of thioether (sulfide) groups is 1. The number of esters is 1. The molecule has 0 spiro atoms. The van der Waals surface area contributed by atoms with Gasteiger partial charge in [0.25, 0.3) is 0 Å². The van der Waals surface area contributed by atoms with Crippen LogP contribution in [0.2, 0.25) is 0 Å². The number of benzene rings is 1. The van der Waals surface area contributed by atoms with Crippen molar-refractivity contribution >= 4 is 28.6 Å². The number of carbonyl (C=O) groups excluding carboxylic acids is 1. The molecule has 1 fully saturated rings. The van der Waals surface area contributed by atoms with Crippen molar-refractivity contribution in [3.8, 4) is 5.75 Å². The summed E-state index contributed by atoms with van der Waals surface area (Å²) in [6.07, 6.45) is 1.76. The third-order valence-corrected chi connectivity index (χ3v) is 4.84. The molecule has 1 aromatic carbocycles. The quantitative estimate of drug-likeness (QED) is 0.853. The van der Waals surface area contributed by atoms with Gasteiger partial charge < -0.3 is 19.5 Å². The number of methoxy groups -OCH3 is 1. The lowest BCUT2D eigenvalue weighted by Crippen LogP contribution is -2.36. The van der Waals surface area contributed by atoms with Gasteiger partial charge in [-0.25, -0.2) is 0 Å². The monoisotopic (exact) mass is 336 g/mol. The van der Waals surface area contributed by atoms with Crippen LogP contribution in [-0.4, -0.2) is 42.4 Å². The van der Waals surface area contributed by atoms with E-state index in [0.29, 0.717) is 6.61 Å². The summed E-state index contributed by atoms with van der Waals surface area (Å²) in [6.45, 7) is 1.73. The van der Waals surface area contributed by atoms with E-state index in [2.05, 4.69) is 10.3 Å². The number of amidine groups is 1. The van der Waals surface area contributed by atoms with Gasteiger partial charge in [0.1, 0.15) is 17.8 Å². The molecule has 2 aliphatic heterocycles. The molecule has 0 radical (unpaired) electrons. The van der Waals surface area contributed by atoms with E-state index < -0.39 is 0 Å². The number of nitrogens with one attached hydrogen (secondary N) is 1. The molecule has 124 valence electrons. The van der Waals surface area contributed by atoms with E-state index in [1.54, 1.807) is 18.9 Å². The highest BCUT2D eigenvalue weighted by Crippen LogP contribution is 2.36. The zero-order chi connectivity index (χ0) is 16.2. The minimum Gasteiger partial charge on any atom is -0.497 e. The van der Waals surface area contributed by atoms with Crippen molar-refractivity contribution in [2.45, 2.75) is 37.3 Å². The Morgan fingerprint density at radius 2 is 2.17 bits per heavy atom. The molecular formula is C16H20N2O4S. The van der Waals surface area contributed by atoms with Crippen LogP contribution in [0.5, 0.6) is 5.75 Å². The topological polar surface area (TPSA) is 69.1 Å². The summed E-state index contributed by atoms with van der Waals surface area (Å²) in [5.74, 6) is 0.551. The van der Waals surface area contributed by atoms with E-state index in [0.717, 1.165) is 29.4 Å². The number of aliphatic imine (C=N–C) groups is 1. The second-order valence-corrected chi connectivity index (χ2v) is 6.57. The van der Waals surface area contributed by atoms with Gasteiger partial charge in [-0.2, -0.15) is 0 Å². The van der Waals surface area contributed by atoms with Crippen LogP contribution in [0.15, 0.2) is 29.3 Å². The molecule has 2 heterocycles. The maximum atomic E-state index is 10.9. The Labute approximate surface area is 139 Å². The summed E-state index contributed by atoms with van der Waals surface area (Å²) in [5.41, 5.74) is 0.956. The molecule has 3 rings (SSSR count). The highest BCUT2D eigenvalue weighted by Gasteiger charge is 2.37. The molecule has 23 heavy (non-hydrogen) atoms. The Morgan fingerprint density at radius 1 is 1.39 bits per heavy atom. The van der Waals surface area contributed by atoms with Crippen LogP contribution in [0.1, 0.15) is 19.8 Å². The molecule has 2 aliphatic rings. The highest BCUT2D eigenvalue weighted by molar-refractivity contribution is 8.14. The Hall–Kier alpha value is -1.73. The molecule has 0 bridgehead atoms. The first-order chi connectivity index (χ1) is 11.1. The number of fused-ring (bicyclic) bond motifs is 1. The van der Waals surface area contributed by atoms with Gasteiger partial charge in [0.2, 0.25) is 0 Å². The van der Waals surface area contributed by atoms with Crippen LogP contribution < -0.4 is 10.1 Å². The van der Waals surface area contributed by atoms with Crippen molar-refractivity contribution in [3.05, 3.63) is 24.3 Å². The van der Waals surface area contributed by atoms with Crippen LogP contribution in [0.4, 0.5) is 5.69 Å². The molecular weight excluding hydrogens is 316 g/mol. The zero-order valence-corrected chi connectivity index (χ0v) is 14.0. The van der Waals surface area contributed by atoms with Gasteiger partial charge in [0, 0.05) is 12.6 Å². The van der Waals surface area contributed by atoms with Crippen molar-refractivity contribution in [3.63, 3.8) is 0 Å². The molecule has 3 atom stereocenters. The molecule has 7 heteroatoms. The largest absolute Gasteiger partial charge is 0.497 e. The fourth-order valence-electron chi connectivity index (χ4n) is 2.56. The lowest BCUT2D eigenvalue weighted by atomic mass is 10.1. The van der Waals surface area contributed by atoms with Gasteiger partial charge in [-0.15, -0.1) is 0 Å². The summed E-state index contributed by atoms with van der Waals surface area (Å²) in [4.78, 5) is 15.6. The first-order valence-electron chi connectivity index (χ1n) is 7.58. The minimum absolute atomic E-state index is 0.00921. The van der Waals surface area contributed by atoms with E-state index >= 15 is 0 Å². The zero-order valence-electron chi connectivity index (χ0n) is 13.2. The Bertz CT molecular complexity index is 590. The predicted octanol–water partition coefficient (Wildman–Crippen LogP) is 2.65. The fraction of sp³-hybridized carbons (Fsp3) is 0.500. The number of hydrogen-bond donors (Lipinski definition) is 1. The number of nitrogens with zero attached hydrogens (tertiary/aromatic N) is 1. The van der Waals surface area contributed by atoms with E-state index in [-0.39, 0.29) is 23.6 Å². The Morgan fingerprint density at radius 3 is 2.87 bits per heavy atom. The van der Waals surface area contributed by atoms with Gasteiger partial charge in [-0.1, -0.05) is 11.8 Å². The van der Waals surface area contributed by atoms with Crippen LogP contribution in [0.25, 0.3) is 0 Å². The Kier molecular flexibility index (Phi) is 5.07. The highest BCUT2D eigenvalue weighted by atomic mass is 32.2. The van der Waals surface area contributed by atoms with Gasteiger partial charge in [0.05, 0.1) is 19.3 Å². The Balaban J connectivity index is 1.53. The normalized spacial score (nSPS) is 26.2. The lowest BCUT2D eigenvalue weighted by Gasteiger charge is -2.29. The van der Waals surface area contributed by atoms with Crippen molar-refractivity contribution in [2.75, 3.05) is 19.0 Å². The average Bonchev–Trinajstić information content (AvgIpc) is 2.95. The predicted molar refractivity (Wildman–Crippen MR) is 90.0 cm³/mol. The summed E-state index contributed by atoms with van der Waals surface area (Å²) >= 11 is 1.58.